The third kappa shape index (κ3) is 2.75. The fourth-order valence-corrected chi connectivity index (χ4v) is 1.92. The zero-order valence-corrected chi connectivity index (χ0v) is 10.4. The lowest BCUT2D eigenvalue weighted by atomic mass is 9.75. The SMILES string of the molecule is CC1(C)COB(c2cccc(C(F)(F)F)c2C#N)O1. The molecule has 0 amide bonds. The third-order valence-corrected chi connectivity index (χ3v) is 2.78. The van der Waals surface area contributed by atoms with Gasteiger partial charge in [-0.3, -0.25) is 0 Å². The Hall–Kier alpha value is -1.52. The molecule has 1 aliphatic heterocycles. The summed E-state index contributed by atoms with van der Waals surface area (Å²) >= 11 is 0. The first-order chi connectivity index (χ1) is 8.74. The summed E-state index contributed by atoms with van der Waals surface area (Å²) in [4.78, 5) is 0. The van der Waals surface area contributed by atoms with Gasteiger partial charge in [0.05, 0.1) is 29.4 Å². The number of halogens is 3. The molecule has 0 spiro atoms. The minimum Gasteiger partial charge on any atom is -0.404 e. The van der Waals surface area contributed by atoms with Crippen LogP contribution in [0, 0.1) is 11.3 Å². The van der Waals surface area contributed by atoms with E-state index in [-0.39, 0.29) is 12.1 Å². The summed E-state index contributed by atoms with van der Waals surface area (Å²) < 4.78 is 49.3. The zero-order chi connectivity index (χ0) is 14.3. The molecule has 1 aromatic rings. The van der Waals surface area contributed by atoms with Crippen molar-refractivity contribution in [1.82, 2.24) is 0 Å². The molecule has 1 aliphatic rings. The van der Waals surface area contributed by atoms with Crippen molar-refractivity contribution in [2.45, 2.75) is 25.6 Å². The van der Waals surface area contributed by atoms with Crippen molar-refractivity contribution in [3.63, 3.8) is 0 Å². The summed E-state index contributed by atoms with van der Waals surface area (Å²) in [5, 5.41) is 8.99. The van der Waals surface area contributed by atoms with Gasteiger partial charge in [0.2, 0.25) is 0 Å². The molecule has 0 radical (unpaired) electrons. The molecule has 19 heavy (non-hydrogen) atoms. The summed E-state index contributed by atoms with van der Waals surface area (Å²) in [6, 6.07) is 5.14. The largest absolute Gasteiger partial charge is 0.495 e. The molecule has 1 heterocycles. The Morgan fingerprint density at radius 1 is 1.37 bits per heavy atom. The molecule has 7 heteroatoms. The lowest BCUT2D eigenvalue weighted by molar-refractivity contribution is -0.137. The monoisotopic (exact) mass is 269 g/mol. The van der Waals surface area contributed by atoms with Crippen molar-refractivity contribution in [2.75, 3.05) is 6.61 Å². The molecular weight excluding hydrogens is 258 g/mol. The lowest BCUT2D eigenvalue weighted by Gasteiger charge is -2.17. The van der Waals surface area contributed by atoms with E-state index in [9.17, 15) is 13.2 Å². The maximum absolute atomic E-state index is 12.8. The van der Waals surface area contributed by atoms with Crippen LogP contribution >= 0.6 is 0 Å². The van der Waals surface area contributed by atoms with E-state index in [1.54, 1.807) is 19.9 Å². The van der Waals surface area contributed by atoms with Crippen molar-refractivity contribution in [3.8, 4) is 6.07 Å². The zero-order valence-electron chi connectivity index (χ0n) is 10.4. The second-order valence-electron chi connectivity index (χ2n) is 4.90. The number of benzene rings is 1. The van der Waals surface area contributed by atoms with Gasteiger partial charge in [-0.1, -0.05) is 12.1 Å². The van der Waals surface area contributed by atoms with E-state index in [0.29, 0.717) is 0 Å². The third-order valence-electron chi connectivity index (χ3n) is 2.78. The highest BCUT2D eigenvalue weighted by Crippen LogP contribution is 2.31. The first kappa shape index (κ1) is 13.9. The Morgan fingerprint density at radius 3 is 2.53 bits per heavy atom. The fourth-order valence-electron chi connectivity index (χ4n) is 1.92. The summed E-state index contributed by atoms with van der Waals surface area (Å²) in [6.45, 7) is 3.80. The quantitative estimate of drug-likeness (QED) is 0.733. The second kappa shape index (κ2) is 4.55. The van der Waals surface area contributed by atoms with E-state index in [1.807, 2.05) is 0 Å². The van der Waals surface area contributed by atoms with Crippen LogP contribution in [0.4, 0.5) is 13.2 Å². The molecule has 0 unspecified atom stereocenters. The number of hydrogen-bond acceptors (Lipinski definition) is 3. The van der Waals surface area contributed by atoms with Crippen LogP contribution in [0.1, 0.15) is 25.0 Å². The van der Waals surface area contributed by atoms with Gasteiger partial charge in [-0.05, 0) is 19.9 Å². The van der Waals surface area contributed by atoms with E-state index >= 15 is 0 Å². The summed E-state index contributed by atoms with van der Waals surface area (Å²) in [7, 11) is -0.938. The molecule has 0 saturated carbocycles. The second-order valence-corrected chi connectivity index (χ2v) is 4.90. The number of rotatable bonds is 1. The first-order valence-corrected chi connectivity index (χ1v) is 5.64. The van der Waals surface area contributed by atoms with Crippen LogP contribution in [0.3, 0.4) is 0 Å². The maximum Gasteiger partial charge on any atom is 0.495 e. The van der Waals surface area contributed by atoms with Crippen LogP contribution in [-0.2, 0) is 15.5 Å². The van der Waals surface area contributed by atoms with Crippen LogP contribution in [0.25, 0.3) is 0 Å². The Morgan fingerprint density at radius 2 is 2.05 bits per heavy atom. The van der Waals surface area contributed by atoms with Gasteiger partial charge in [-0.2, -0.15) is 18.4 Å². The van der Waals surface area contributed by atoms with Gasteiger partial charge >= 0.3 is 13.3 Å². The highest BCUT2D eigenvalue weighted by atomic mass is 19.4. The summed E-state index contributed by atoms with van der Waals surface area (Å²) in [6.07, 6.45) is -4.57. The standard InChI is InChI=1S/C12H11BF3NO2/c1-11(2)7-18-13(19-11)10-5-3-4-9(8(10)6-17)12(14,15)16/h3-5H,7H2,1-2H3. The highest BCUT2D eigenvalue weighted by molar-refractivity contribution is 6.62. The van der Waals surface area contributed by atoms with Gasteiger partial charge in [-0.15, -0.1) is 0 Å². The smallest absolute Gasteiger partial charge is 0.404 e. The Labute approximate surface area is 109 Å². The molecule has 1 aromatic carbocycles. The van der Waals surface area contributed by atoms with Crippen molar-refractivity contribution < 1.29 is 22.5 Å². The van der Waals surface area contributed by atoms with Crippen molar-refractivity contribution in [1.29, 1.82) is 5.26 Å². The van der Waals surface area contributed by atoms with Gasteiger partial charge in [-0.25, -0.2) is 0 Å². The minimum atomic E-state index is -4.57. The van der Waals surface area contributed by atoms with E-state index in [0.717, 1.165) is 6.07 Å². The van der Waals surface area contributed by atoms with Crippen molar-refractivity contribution >= 4 is 12.6 Å². The fraction of sp³-hybridized carbons (Fsp3) is 0.417. The van der Waals surface area contributed by atoms with Crippen LogP contribution in [0.5, 0.6) is 0 Å². The molecular formula is C12H11BF3NO2. The molecule has 1 fully saturated rings. The molecule has 0 aliphatic carbocycles. The topological polar surface area (TPSA) is 42.2 Å². The minimum absolute atomic E-state index is 0.114. The average molecular weight is 269 g/mol. The molecule has 3 nitrogen and oxygen atoms in total. The van der Waals surface area contributed by atoms with Crippen LogP contribution in [0.2, 0.25) is 0 Å². The van der Waals surface area contributed by atoms with Crippen LogP contribution in [-0.4, -0.2) is 19.3 Å². The molecule has 0 bridgehead atoms. The van der Waals surface area contributed by atoms with Crippen molar-refractivity contribution in [3.05, 3.63) is 29.3 Å². The molecule has 0 N–H and O–H groups in total. The van der Waals surface area contributed by atoms with E-state index < -0.39 is 30.0 Å². The van der Waals surface area contributed by atoms with Gasteiger partial charge in [0.15, 0.2) is 0 Å². The maximum atomic E-state index is 12.8. The molecule has 100 valence electrons. The Kier molecular flexibility index (Phi) is 3.33. The molecule has 0 atom stereocenters. The summed E-state index contributed by atoms with van der Waals surface area (Å²) in [5.74, 6) is 0. The Balaban J connectivity index is 2.46. The number of nitriles is 1. The average Bonchev–Trinajstić information content (AvgIpc) is 2.67. The van der Waals surface area contributed by atoms with E-state index in [1.165, 1.54) is 12.1 Å². The van der Waals surface area contributed by atoms with Gasteiger partial charge in [0.25, 0.3) is 0 Å². The number of hydrogen-bond donors (Lipinski definition) is 0. The van der Waals surface area contributed by atoms with Crippen LogP contribution in [0.15, 0.2) is 18.2 Å². The molecule has 2 rings (SSSR count). The van der Waals surface area contributed by atoms with Crippen molar-refractivity contribution in [2.24, 2.45) is 0 Å². The van der Waals surface area contributed by atoms with E-state index in [2.05, 4.69) is 0 Å². The first-order valence-electron chi connectivity index (χ1n) is 5.64. The predicted molar refractivity (Wildman–Crippen MR) is 62.7 cm³/mol. The number of nitrogens with zero attached hydrogens (tertiary/aromatic N) is 1. The Bertz CT molecular complexity index is 537. The normalized spacial score (nSPS) is 18.4. The summed E-state index contributed by atoms with van der Waals surface area (Å²) in [5.41, 5.74) is -1.88. The van der Waals surface area contributed by atoms with Gasteiger partial charge in [0, 0.05) is 5.46 Å². The molecule has 1 saturated heterocycles. The molecule has 0 aromatic heterocycles. The predicted octanol–water partition coefficient (Wildman–Crippen LogP) is 2.10. The number of alkyl halides is 3. The highest BCUT2D eigenvalue weighted by Gasteiger charge is 2.42. The van der Waals surface area contributed by atoms with E-state index in [4.69, 9.17) is 14.6 Å². The lowest BCUT2D eigenvalue weighted by Crippen LogP contribution is -2.37. The van der Waals surface area contributed by atoms with Crippen LogP contribution < -0.4 is 5.46 Å². The van der Waals surface area contributed by atoms with Gasteiger partial charge < -0.3 is 9.31 Å². The van der Waals surface area contributed by atoms with Gasteiger partial charge in [0.1, 0.15) is 0 Å².